The molecule has 6 nitrogen and oxygen atoms in total. The van der Waals surface area contributed by atoms with E-state index in [0.717, 1.165) is 33.1 Å². The molecule has 0 bridgehead atoms. The number of H-pyrrole nitrogens is 1. The molecule has 2 N–H and O–H groups in total. The highest BCUT2D eigenvalue weighted by Crippen LogP contribution is 2.32. The van der Waals surface area contributed by atoms with Crippen LogP contribution in [0.1, 0.15) is 21.6 Å². The fourth-order valence-electron chi connectivity index (χ4n) is 4.33. The first kappa shape index (κ1) is 16.6. The number of carboxylic acids is 1. The van der Waals surface area contributed by atoms with Gasteiger partial charge in [0.2, 0.25) is 0 Å². The van der Waals surface area contributed by atoms with Gasteiger partial charge in [-0.3, -0.25) is 9.59 Å². The summed E-state index contributed by atoms with van der Waals surface area (Å²) in [7, 11) is 0. The van der Waals surface area contributed by atoms with Crippen molar-refractivity contribution in [3.63, 3.8) is 0 Å². The van der Waals surface area contributed by atoms with Gasteiger partial charge < -0.3 is 19.6 Å². The van der Waals surface area contributed by atoms with Gasteiger partial charge in [-0.15, -0.1) is 0 Å². The van der Waals surface area contributed by atoms with Crippen LogP contribution in [0.3, 0.4) is 0 Å². The molecule has 0 spiro atoms. The average Bonchev–Trinajstić information content (AvgIpc) is 3.30. The molecule has 0 atom stereocenters. The molecule has 0 radical (unpaired) electrons. The van der Waals surface area contributed by atoms with E-state index in [1.807, 2.05) is 64.2 Å². The van der Waals surface area contributed by atoms with Crippen LogP contribution in [0.4, 0.5) is 0 Å². The van der Waals surface area contributed by atoms with E-state index in [0.29, 0.717) is 25.1 Å². The Morgan fingerprint density at radius 3 is 2.75 bits per heavy atom. The number of fused-ring (bicyclic) bond motifs is 4. The van der Waals surface area contributed by atoms with Crippen molar-refractivity contribution in [3.05, 3.63) is 71.5 Å². The lowest BCUT2D eigenvalue weighted by molar-refractivity contribution is -0.137. The lowest BCUT2D eigenvalue weighted by atomic mass is 10.0. The molecule has 6 heteroatoms. The van der Waals surface area contributed by atoms with Crippen LogP contribution in [-0.4, -0.2) is 38.0 Å². The number of para-hydroxylation sites is 1. The summed E-state index contributed by atoms with van der Waals surface area (Å²) in [6.07, 6.45) is 2.49. The van der Waals surface area contributed by atoms with Gasteiger partial charge in [-0.25, -0.2) is 0 Å². The lowest BCUT2D eigenvalue weighted by Crippen LogP contribution is -2.36. The third-order valence-corrected chi connectivity index (χ3v) is 5.57. The Kier molecular flexibility index (Phi) is 3.72. The Balaban J connectivity index is 1.56. The summed E-state index contributed by atoms with van der Waals surface area (Å²) < 4.78 is 1.88. The molecule has 0 saturated carbocycles. The Morgan fingerprint density at radius 1 is 1.04 bits per heavy atom. The molecule has 4 aromatic rings. The maximum Gasteiger partial charge on any atom is 0.323 e. The number of aromatic amines is 1. The van der Waals surface area contributed by atoms with Gasteiger partial charge in [-0.1, -0.05) is 24.3 Å². The number of aliphatic carboxylic acids is 1. The lowest BCUT2D eigenvalue weighted by Gasteiger charge is -2.28. The van der Waals surface area contributed by atoms with E-state index in [1.165, 1.54) is 0 Å². The molecule has 0 unspecified atom stereocenters. The molecule has 0 saturated heterocycles. The summed E-state index contributed by atoms with van der Waals surface area (Å²) in [5.41, 5.74) is 4.63. The Hall–Kier alpha value is -3.54. The van der Waals surface area contributed by atoms with Crippen LogP contribution in [0.15, 0.2) is 54.7 Å². The van der Waals surface area contributed by atoms with Crippen molar-refractivity contribution in [1.82, 2.24) is 14.5 Å². The number of benzene rings is 2. The second kappa shape index (κ2) is 6.27. The van der Waals surface area contributed by atoms with Gasteiger partial charge in [0.25, 0.3) is 5.91 Å². The zero-order valence-corrected chi connectivity index (χ0v) is 15.2. The molecule has 5 rings (SSSR count). The van der Waals surface area contributed by atoms with Crippen molar-refractivity contribution < 1.29 is 14.7 Å². The number of nitrogens with one attached hydrogen (secondary N) is 1. The van der Waals surface area contributed by atoms with Crippen LogP contribution in [0, 0.1) is 0 Å². The smallest absolute Gasteiger partial charge is 0.323 e. The molecule has 0 fully saturated rings. The highest BCUT2D eigenvalue weighted by molar-refractivity contribution is 6.06. The molecule has 2 aromatic heterocycles. The maximum atomic E-state index is 13.3. The van der Waals surface area contributed by atoms with Crippen molar-refractivity contribution in [3.8, 4) is 0 Å². The zero-order valence-electron chi connectivity index (χ0n) is 15.2. The minimum Gasteiger partial charge on any atom is -0.480 e. The number of aromatic nitrogens is 2. The number of rotatable bonds is 3. The fraction of sp³-hybridized carbons (Fsp3) is 0.182. The summed E-state index contributed by atoms with van der Waals surface area (Å²) in [4.78, 5) is 29.6. The summed E-state index contributed by atoms with van der Waals surface area (Å²) in [6.45, 7) is 0.997. The van der Waals surface area contributed by atoms with Crippen LogP contribution in [0.2, 0.25) is 0 Å². The SMILES string of the molecule is O=C(O)Cn1c2c(c3ccccc31)CN(C(=O)c1cccc3[nH]ccc13)CC2. The molecule has 3 heterocycles. The van der Waals surface area contributed by atoms with Crippen LogP contribution in [0.5, 0.6) is 0 Å². The second-order valence-electron chi connectivity index (χ2n) is 7.14. The number of hydrogen-bond donors (Lipinski definition) is 2. The topological polar surface area (TPSA) is 78.3 Å². The van der Waals surface area contributed by atoms with Crippen molar-refractivity contribution in [2.75, 3.05) is 6.54 Å². The first-order valence-corrected chi connectivity index (χ1v) is 9.29. The predicted molar refractivity (Wildman–Crippen MR) is 106 cm³/mol. The number of carbonyl (C=O) groups excluding carboxylic acids is 1. The van der Waals surface area contributed by atoms with E-state index in [1.54, 1.807) is 0 Å². The summed E-state index contributed by atoms with van der Waals surface area (Å²) in [6, 6.07) is 15.5. The van der Waals surface area contributed by atoms with E-state index in [4.69, 9.17) is 0 Å². The van der Waals surface area contributed by atoms with E-state index >= 15 is 0 Å². The van der Waals surface area contributed by atoms with Crippen LogP contribution in [-0.2, 0) is 24.3 Å². The summed E-state index contributed by atoms with van der Waals surface area (Å²) in [5.74, 6) is -0.855. The highest BCUT2D eigenvalue weighted by Gasteiger charge is 2.28. The molecular formula is C22H19N3O3. The van der Waals surface area contributed by atoms with Crippen LogP contribution in [0.25, 0.3) is 21.8 Å². The molecular weight excluding hydrogens is 354 g/mol. The van der Waals surface area contributed by atoms with E-state index < -0.39 is 5.97 Å². The Morgan fingerprint density at radius 2 is 1.89 bits per heavy atom. The predicted octanol–water partition coefficient (Wildman–Crippen LogP) is 3.41. The highest BCUT2D eigenvalue weighted by atomic mass is 16.4. The van der Waals surface area contributed by atoms with Gasteiger partial charge in [0.1, 0.15) is 6.54 Å². The monoisotopic (exact) mass is 373 g/mol. The first-order valence-electron chi connectivity index (χ1n) is 9.29. The molecule has 1 amide bonds. The van der Waals surface area contributed by atoms with Crippen LogP contribution >= 0.6 is 0 Å². The minimum absolute atomic E-state index is 0.00548. The van der Waals surface area contributed by atoms with E-state index in [9.17, 15) is 14.7 Å². The third kappa shape index (κ3) is 2.49. The van der Waals surface area contributed by atoms with E-state index in [-0.39, 0.29) is 12.5 Å². The largest absolute Gasteiger partial charge is 0.480 e. The first-order chi connectivity index (χ1) is 13.6. The van der Waals surface area contributed by atoms with Gasteiger partial charge in [-0.2, -0.15) is 0 Å². The second-order valence-corrected chi connectivity index (χ2v) is 7.14. The van der Waals surface area contributed by atoms with Crippen LogP contribution < -0.4 is 0 Å². The minimum atomic E-state index is -0.860. The number of carbonyl (C=O) groups is 2. The number of hydrogen-bond acceptors (Lipinski definition) is 2. The zero-order chi connectivity index (χ0) is 19.3. The number of nitrogens with zero attached hydrogens (tertiary/aromatic N) is 2. The average molecular weight is 373 g/mol. The summed E-state index contributed by atoms with van der Waals surface area (Å²) in [5, 5.41) is 11.3. The normalized spacial score (nSPS) is 13.8. The molecule has 0 aliphatic carbocycles. The number of amides is 1. The molecule has 2 aromatic carbocycles. The van der Waals surface area contributed by atoms with Gasteiger partial charge >= 0.3 is 5.97 Å². The number of carboxylic acid groups (broad SMARTS) is 1. The van der Waals surface area contributed by atoms with Gasteiger partial charge in [0.05, 0.1) is 0 Å². The van der Waals surface area contributed by atoms with E-state index in [2.05, 4.69) is 4.98 Å². The van der Waals surface area contributed by atoms with Crippen molar-refractivity contribution in [2.45, 2.75) is 19.5 Å². The van der Waals surface area contributed by atoms with Crippen molar-refractivity contribution in [1.29, 1.82) is 0 Å². The molecule has 28 heavy (non-hydrogen) atoms. The van der Waals surface area contributed by atoms with Crippen molar-refractivity contribution in [2.24, 2.45) is 0 Å². The summed E-state index contributed by atoms with van der Waals surface area (Å²) >= 11 is 0. The van der Waals surface area contributed by atoms with Gasteiger partial charge in [0, 0.05) is 64.3 Å². The quantitative estimate of drug-likeness (QED) is 0.578. The Bertz CT molecular complexity index is 1230. The standard InChI is InChI=1S/C22H19N3O3/c26-21(27)13-25-19-7-2-1-4-15(19)17-12-24(11-9-20(17)25)22(28)16-5-3-6-18-14(16)8-10-23-18/h1-8,10,23H,9,11-13H2,(H,26,27). The van der Waals surface area contributed by atoms with Gasteiger partial charge in [-0.05, 0) is 24.3 Å². The van der Waals surface area contributed by atoms with Gasteiger partial charge in [0.15, 0.2) is 0 Å². The Labute approximate surface area is 161 Å². The molecule has 1 aliphatic heterocycles. The maximum absolute atomic E-state index is 13.3. The third-order valence-electron chi connectivity index (χ3n) is 5.57. The van der Waals surface area contributed by atoms with Crippen molar-refractivity contribution >= 4 is 33.7 Å². The molecule has 140 valence electrons. The fourth-order valence-corrected chi connectivity index (χ4v) is 4.33. The molecule has 1 aliphatic rings.